The zero-order chi connectivity index (χ0) is 18.5. The van der Waals surface area contributed by atoms with Crippen molar-refractivity contribution in [3.8, 4) is 0 Å². The van der Waals surface area contributed by atoms with Crippen LogP contribution in [0.2, 0.25) is 0 Å². The second-order valence-electron chi connectivity index (χ2n) is 5.95. The van der Waals surface area contributed by atoms with Crippen molar-refractivity contribution in [3.05, 3.63) is 71.7 Å². The minimum atomic E-state index is -0.339. The molecule has 0 aliphatic heterocycles. The number of nitrogens with zero attached hydrogens (tertiary/aromatic N) is 2. The number of hydrogen-bond donors (Lipinski definition) is 1. The van der Waals surface area contributed by atoms with E-state index in [2.05, 4.69) is 15.3 Å². The smallest absolute Gasteiger partial charge is 0.335 e. The first kappa shape index (κ1) is 17.6. The normalized spacial score (nSPS) is 11.8. The first-order chi connectivity index (χ1) is 12.6. The Morgan fingerprint density at radius 1 is 1.19 bits per heavy atom. The molecular formula is C21H21N3O2. The Kier molecular flexibility index (Phi) is 5.27. The zero-order valence-corrected chi connectivity index (χ0v) is 15.1. The van der Waals surface area contributed by atoms with Gasteiger partial charge in [-0.15, -0.1) is 0 Å². The fourth-order valence-electron chi connectivity index (χ4n) is 2.76. The van der Waals surface area contributed by atoms with Gasteiger partial charge < -0.3 is 10.1 Å². The number of rotatable bonds is 5. The molecule has 2 heterocycles. The van der Waals surface area contributed by atoms with Gasteiger partial charge in [0.2, 0.25) is 0 Å². The Morgan fingerprint density at radius 3 is 2.81 bits per heavy atom. The summed E-state index contributed by atoms with van der Waals surface area (Å²) in [5.41, 5.74) is 4.92. The fraction of sp³-hybridized carbons (Fsp3) is 0.190. The van der Waals surface area contributed by atoms with Crippen LogP contribution in [0, 0.1) is 6.92 Å². The van der Waals surface area contributed by atoms with E-state index in [0.29, 0.717) is 17.9 Å². The van der Waals surface area contributed by atoms with Crippen LogP contribution in [0.25, 0.3) is 16.6 Å². The summed E-state index contributed by atoms with van der Waals surface area (Å²) in [7, 11) is 0. The maximum absolute atomic E-state index is 12.3. The molecule has 0 unspecified atom stereocenters. The number of hydrogen-bond acceptors (Lipinski definition) is 5. The lowest BCUT2D eigenvalue weighted by Crippen LogP contribution is -2.12. The molecule has 0 radical (unpaired) electrons. The van der Waals surface area contributed by atoms with Crippen LogP contribution in [0.1, 0.15) is 25.0 Å². The molecule has 26 heavy (non-hydrogen) atoms. The third-order valence-corrected chi connectivity index (χ3v) is 4.12. The van der Waals surface area contributed by atoms with Gasteiger partial charge in [-0.1, -0.05) is 6.07 Å². The van der Waals surface area contributed by atoms with Gasteiger partial charge >= 0.3 is 5.97 Å². The standard InChI is InChI=1S/C21H21N3O2/c1-4-26-21(25)15(3)20(18-9-11-22-13-14(18)2)24-17-7-8-19-16(12-17)6-5-10-23-19/h5-13,24H,4H2,1-3H3/b20-15-. The van der Waals surface area contributed by atoms with Gasteiger partial charge in [0.1, 0.15) is 0 Å². The molecule has 132 valence electrons. The van der Waals surface area contributed by atoms with Crippen molar-refractivity contribution in [2.45, 2.75) is 20.8 Å². The third kappa shape index (κ3) is 3.72. The summed E-state index contributed by atoms with van der Waals surface area (Å²) in [5.74, 6) is -0.339. The Labute approximate surface area is 152 Å². The second kappa shape index (κ2) is 7.78. The quantitative estimate of drug-likeness (QED) is 0.549. The summed E-state index contributed by atoms with van der Waals surface area (Å²) >= 11 is 0. The molecular weight excluding hydrogens is 326 g/mol. The number of benzene rings is 1. The largest absolute Gasteiger partial charge is 0.463 e. The summed E-state index contributed by atoms with van der Waals surface area (Å²) < 4.78 is 5.19. The van der Waals surface area contributed by atoms with E-state index >= 15 is 0 Å². The Bertz CT molecular complexity index is 980. The van der Waals surface area contributed by atoms with Crippen LogP contribution in [-0.2, 0) is 9.53 Å². The Morgan fingerprint density at radius 2 is 2.04 bits per heavy atom. The third-order valence-electron chi connectivity index (χ3n) is 4.12. The van der Waals surface area contributed by atoms with Crippen LogP contribution in [0.15, 0.2) is 60.6 Å². The molecule has 5 nitrogen and oxygen atoms in total. The van der Waals surface area contributed by atoms with Crippen LogP contribution in [0.3, 0.4) is 0 Å². The van der Waals surface area contributed by atoms with E-state index in [-0.39, 0.29) is 5.97 Å². The number of aryl methyl sites for hydroxylation is 1. The lowest BCUT2D eigenvalue weighted by Gasteiger charge is -2.17. The van der Waals surface area contributed by atoms with Gasteiger partial charge in [0, 0.05) is 35.2 Å². The van der Waals surface area contributed by atoms with Crippen molar-refractivity contribution in [2.24, 2.45) is 0 Å². The van der Waals surface area contributed by atoms with E-state index in [9.17, 15) is 4.79 Å². The highest BCUT2D eigenvalue weighted by molar-refractivity contribution is 6.00. The first-order valence-electron chi connectivity index (χ1n) is 8.51. The van der Waals surface area contributed by atoms with Gasteiger partial charge in [-0.3, -0.25) is 9.97 Å². The minimum Gasteiger partial charge on any atom is -0.463 e. The van der Waals surface area contributed by atoms with E-state index in [0.717, 1.165) is 27.7 Å². The predicted octanol–water partition coefficient (Wildman–Crippen LogP) is 4.34. The number of ether oxygens (including phenoxy) is 1. The van der Waals surface area contributed by atoms with Crippen molar-refractivity contribution in [1.29, 1.82) is 0 Å². The highest BCUT2D eigenvalue weighted by atomic mass is 16.5. The highest BCUT2D eigenvalue weighted by Gasteiger charge is 2.16. The maximum Gasteiger partial charge on any atom is 0.335 e. The minimum absolute atomic E-state index is 0.334. The molecule has 0 aliphatic carbocycles. The van der Waals surface area contributed by atoms with E-state index in [1.807, 2.05) is 43.3 Å². The van der Waals surface area contributed by atoms with Crippen LogP contribution in [0.4, 0.5) is 5.69 Å². The number of carbonyl (C=O) groups excluding carboxylic acids is 1. The average Bonchev–Trinajstić information content (AvgIpc) is 2.66. The summed E-state index contributed by atoms with van der Waals surface area (Å²) in [5, 5.41) is 4.42. The van der Waals surface area contributed by atoms with E-state index < -0.39 is 0 Å². The van der Waals surface area contributed by atoms with Crippen LogP contribution in [-0.4, -0.2) is 22.5 Å². The number of anilines is 1. The molecule has 2 aromatic heterocycles. The summed E-state index contributed by atoms with van der Waals surface area (Å²) in [4.78, 5) is 20.8. The van der Waals surface area contributed by atoms with Gasteiger partial charge in [0.15, 0.2) is 0 Å². The van der Waals surface area contributed by atoms with Gasteiger partial charge in [-0.2, -0.15) is 0 Å². The number of aromatic nitrogens is 2. The Hall–Kier alpha value is -3.21. The lowest BCUT2D eigenvalue weighted by molar-refractivity contribution is -0.138. The summed E-state index contributed by atoms with van der Waals surface area (Å²) in [6.45, 7) is 5.86. The van der Waals surface area contributed by atoms with E-state index in [1.54, 1.807) is 32.4 Å². The van der Waals surface area contributed by atoms with Crippen molar-refractivity contribution >= 4 is 28.3 Å². The molecule has 5 heteroatoms. The molecule has 0 saturated heterocycles. The fourth-order valence-corrected chi connectivity index (χ4v) is 2.76. The number of pyridine rings is 2. The van der Waals surface area contributed by atoms with Crippen LogP contribution in [0.5, 0.6) is 0 Å². The Balaban J connectivity index is 2.06. The van der Waals surface area contributed by atoms with Crippen molar-refractivity contribution in [2.75, 3.05) is 11.9 Å². The van der Waals surface area contributed by atoms with Crippen LogP contribution >= 0.6 is 0 Å². The van der Waals surface area contributed by atoms with E-state index in [4.69, 9.17) is 4.74 Å². The summed E-state index contributed by atoms with van der Waals surface area (Å²) in [6.07, 6.45) is 5.26. The first-order valence-corrected chi connectivity index (χ1v) is 8.51. The molecule has 3 rings (SSSR count). The molecule has 3 aromatic rings. The summed E-state index contributed by atoms with van der Waals surface area (Å²) in [6, 6.07) is 11.7. The van der Waals surface area contributed by atoms with Crippen molar-refractivity contribution in [1.82, 2.24) is 9.97 Å². The number of esters is 1. The second-order valence-corrected chi connectivity index (χ2v) is 5.95. The lowest BCUT2D eigenvalue weighted by atomic mass is 10.0. The number of fused-ring (bicyclic) bond motifs is 1. The van der Waals surface area contributed by atoms with Crippen molar-refractivity contribution < 1.29 is 9.53 Å². The van der Waals surface area contributed by atoms with Gasteiger partial charge in [0.05, 0.1) is 23.4 Å². The van der Waals surface area contributed by atoms with Crippen LogP contribution < -0.4 is 5.32 Å². The van der Waals surface area contributed by atoms with Gasteiger partial charge in [0.25, 0.3) is 0 Å². The molecule has 1 N–H and O–H groups in total. The highest BCUT2D eigenvalue weighted by Crippen LogP contribution is 2.26. The number of carbonyl (C=O) groups is 1. The number of nitrogens with one attached hydrogen (secondary N) is 1. The molecule has 0 aliphatic rings. The average molecular weight is 347 g/mol. The molecule has 0 atom stereocenters. The molecule has 0 saturated carbocycles. The van der Waals surface area contributed by atoms with Gasteiger partial charge in [-0.05, 0) is 56.7 Å². The molecule has 0 spiro atoms. The molecule has 0 bridgehead atoms. The van der Waals surface area contributed by atoms with Crippen molar-refractivity contribution in [3.63, 3.8) is 0 Å². The van der Waals surface area contributed by atoms with Gasteiger partial charge in [-0.25, -0.2) is 4.79 Å². The zero-order valence-electron chi connectivity index (χ0n) is 15.1. The molecule has 0 fully saturated rings. The van der Waals surface area contributed by atoms with E-state index in [1.165, 1.54) is 0 Å². The predicted molar refractivity (Wildman–Crippen MR) is 104 cm³/mol. The topological polar surface area (TPSA) is 64.1 Å². The molecule has 0 amide bonds. The maximum atomic E-state index is 12.3. The monoisotopic (exact) mass is 347 g/mol. The molecule has 1 aromatic carbocycles. The SMILES string of the molecule is CCOC(=O)/C(C)=C(\Nc1ccc2ncccc2c1)c1ccncc1C.